The summed E-state index contributed by atoms with van der Waals surface area (Å²) in [6.45, 7) is 2.15. The van der Waals surface area contributed by atoms with Gasteiger partial charge in [0.1, 0.15) is 18.1 Å². The number of hydrogen-bond acceptors (Lipinski definition) is 4. The summed E-state index contributed by atoms with van der Waals surface area (Å²) in [7, 11) is 0. The Labute approximate surface area is 111 Å². The monoisotopic (exact) mass is 255 g/mol. The molecule has 0 radical (unpaired) electrons. The molecule has 4 heteroatoms. The minimum Gasteiger partial charge on any atom is -0.508 e. The molecule has 0 aliphatic rings. The molecule has 0 saturated carbocycles. The molecule has 2 aromatic carbocycles. The van der Waals surface area contributed by atoms with E-state index in [9.17, 15) is 9.90 Å². The lowest BCUT2D eigenvalue weighted by Crippen LogP contribution is -1.97. The lowest BCUT2D eigenvalue weighted by molar-refractivity contribution is 0.304. The van der Waals surface area contributed by atoms with Gasteiger partial charge in [-0.2, -0.15) is 4.99 Å². The van der Waals surface area contributed by atoms with Crippen molar-refractivity contribution in [2.24, 2.45) is 4.99 Å². The zero-order valence-electron chi connectivity index (χ0n) is 10.5. The fourth-order valence-corrected chi connectivity index (χ4v) is 1.74. The number of phenolic OH excluding ortho intramolecular Hbond substituents is 1. The maximum absolute atomic E-state index is 10.3. The number of carbonyl (C=O) groups excluding carboxylic acids is 1. The van der Waals surface area contributed by atoms with Crippen LogP contribution in [0.4, 0.5) is 5.69 Å². The molecule has 0 aliphatic carbocycles. The first-order valence-corrected chi connectivity index (χ1v) is 5.79. The van der Waals surface area contributed by atoms with Crippen molar-refractivity contribution in [3.05, 3.63) is 53.6 Å². The molecule has 0 unspecified atom stereocenters. The number of ether oxygens (including phenoxy) is 1. The van der Waals surface area contributed by atoms with Crippen molar-refractivity contribution in [1.82, 2.24) is 0 Å². The summed E-state index contributed by atoms with van der Waals surface area (Å²) in [6, 6.07) is 12.1. The van der Waals surface area contributed by atoms with E-state index in [0.717, 1.165) is 11.1 Å². The Hall–Kier alpha value is -2.58. The Balaban J connectivity index is 2.16. The van der Waals surface area contributed by atoms with Crippen LogP contribution in [0.1, 0.15) is 11.1 Å². The van der Waals surface area contributed by atoms with Gasteiger partial charge in [0.15, 0.2) is 0 Å². The molecule has 19 heavy (non-hydrogen) atoms. The van der Waals surface area contributed by atoms with Crippen LogP contribution in [0.3, 0.4) is 0 Å². The average molecular weight is 255 g/mol. The van der Waals surface area contributed by atoms with E-state index in [0.29, 0.717) is 18.0 Å². The van der Waals surface area contributed by atoms with Gasteiger partial charge >= 0.3 is 0 Å². The molecule has 0 spiro atoms. The van der Waals surface area contributed by atoms with Gasteiger partial charge in [-0.05, 0) is 36.8 Å². The highest BCUT2D eigenvalue weighted by Crippen LogP contribution is 2.25. The molecule has 96 valence electrons. The molecule has 0 aliphatic heterocycles. The molecule has 0 saturated heterocycles. The van der Waals surface area contributed by atoms with Gasteiger partial charge < -0.3 is 9.84 Å². The van der Waals surface area contributed by atoms with Gasteiger partial charge in [-0.25, -0.2) is 4.79 Å². The highest BCUT2D eigenvalue weighted by molar-refractivity contribution is 5.53. The van der Waals surface area contributed by atoms with Crippen molar-refractivity contribution in [3.8, 4) is 11.5 Å². The van der Waals surface area contributed by atoms with Gasteiger partial charge in [0.25, 0.3) is 0 Å². The van der Waals surface area contributed by atoms with E-state index in [2.05, 4.69) is 4.99 Å². The first-order chi connectivity index (χ1) is 9.20. The second-order valence-electron chi connectivity index (χ2n) is 4.07. The van der Waals surface area contributed by atoms with E-state index in [-0.39, 0.29) is 5.75 Å². The van der Waals surface area contributed by atoms with Gasteiger partial charge in [0.2, 0.25) is 6.08 Å². The Bertz CT molecular complexity index is 631. The summed E-state index contributed by atoms with van der Waals surface area (Å²) in [6.07, 6.45) is 1.53. The fourth-order valence-electron chi connectivity index (χ4n) is 1.74. The number of nitrogens with zero attached hydrogens (tertiary/aromatic N) is 1. The Morgan fingerprint density at radius 3 is 2.79 bits per heavy atom. The molecule has 0 aromatic heterocycles. The second kappa shape index (κ2) is 5.85. The standard InChI is InChI=1S/C15H13NO3/c1-11-8-13(18)6-7-15(11)19-9-12-4-2-3-5-14(12)16-10-17/h2-8,18H,9H2,1H3. The number of aromatic hydroxyl groups is 1. The van der Waals surface area contributed by atoms with Gasteiger partial charge in [0.05, 0.1) is 5.69 Å². The lowest BCUT2D eigenvalue weighted by Gasteiger charge is -2.10. The topological polar surface area (TPSA) is 58.9 Å². The van der Waals surface area contributed by atoms with Crippen LogP contribution in [-0.4, -0.2) is 11.2 Å². The van der Waals surface area contributed by atoms with E-state index in [4.69, 9.17) is 4.74 Å². The average Bonchev–Trinajstić information content (AvgIpc) is 2.40. The van der Waals surface area contributed by atoms with Gasteiger partial charge in [-0.1, -0.05) is 18.2 Å². The smallest absolute Gasteiger partial charge is 0.240 e. The van der Waals surface area contributed by atoms with E-state index in [1.165, 1.54) is 6.08 Å². The SMILES string of the molecule is Cc1cc(O)ccc1OCc1ccccc1N=C=O. The van der Waals surface area contributed by atoms with Crippen molar-refractivity contribution >= 4 is 11.8 Å². The van der Waals surface area contributed by atoms with Crippen LogP contribution in [0.15, 0.2) is 47.5 Å². The highest BCUT2D eigenvalue weighted by atomic mass is 16.5. The third kappa shape index (κ3) is 3.21. The molecule has 0 bridgehead atoms. The molecular formula is C15H13NO3. The molecule has 2 aromatic rings. The van der Waals surface area contributed by atoms with E-state index in [1.807, 2.05) is 19.1 Å². The summed E-state index contributed by atoms with van der Waals surface area (Å²) in [4.78, 5) is 14.0. The molecule has 0 atom stereocenters. The number of isocyanates is 1. The molecule has 4 nitrogen and oxygen atoms in total. The van der Waals surface area contributed by atoms with Gasteiger partial charge in [-0.3, -0.25) is 0 Å². The predicted molar refractivity (Wildman–Crippen MR) is 71.4 cm³/mol. The molecule has 1 N–H and O–H groups in total. The van der Waals surface area contributed by atoms with Crippen LogP contribution in [0.2, 0.25) is 0 Å². The summed E-state index contributed by atoms with van der Waals surface area (Å²) in [5.41, 5.74) is 2.20. The predicted octanol–water partition coefficient (Wildman–Crippen LogP) is 3.25. The van der Waals surface area contributed by atoms with Crippen LogP contribution < -0.4 is 4.74 Å². The summed E-state index contributed by atoms with van der Waals surface area (Å²) in [5.74, 6) is 0.887. The van der Waals surface area contributed by atoms with Crippen LogP contribution in [-0.2, 0) is 11.4 Å². The van der Waals surface area contributed by atoms with Crippen molar-refractivity contribution in [1.29, 1.82) is 0 Å². The Kier molecular flexibility index (Phi) is 3.96. The van der Waals surface area contributed by atoms with Crippen molar-refractivity contribution in [3.63, 3.8) is 0 Å². The zero-order chi connectivity index (χ0) is 13.7. The largest absolute Gasteiger partial charge is 0.508 e. The third-order valence-electron chi connectivity index (χ3n) is 2.70. The zero-order valence-corrected chi connectivity index (χ0v) is 10.5. The van der Waals surface area contributed by atoms with Gasteiger partial charge in [0, 0.05) is 5.56 Å². The van der Waals surface area contributed by atoms with Crippen LogP contribution in [0.25, 0.3) is 0 Å². The second-order valence-corrected chi connectivity index (χ2v) is 4.07. The maximum Gasteiger partial charge on any atom is 0.240 e. The Morgan fingerprint density at radius 1 is 1.26 bits per heavy atom. The number of aryl methyl sites for hydroxylation is 1. The number of rotatable bonds is 4. The maximum atomic E-state index is 10.3. The normalized spacial score (nSPS) is 9.74. The van der Waals surface area contributed by atoms with E-state index < -0.39 is 0 Å². The molecular weight excluding hydrogens is 242 g/mol. The van der Waals surface area contributed by atoms with Crippen LogP contribution in [0.5, 0.6) is 11.5 Å². The number of para-hydroxylation sites is 1. The molecule has 0 amide bonds. The lowest BCUT2D eigenvalue weighted by atomic mass is 10.2. The third-order valence-corrected chi connectivity index (χ3v) is 2.70. The first-order valence-electron chi connectivity index (χ1n) is 5.79. The number of hydrogen-bond donors (Lipinski definition) is 1. The summed E-state index contributed by atoms with van der Waals surface area (Å²) >= 11 is 0. The first kappa shape index (κ1) is 12.9. The van der Waals surface area contributed by atoms with Crippen molar-refractivity contribution in [2.45, 2.75) is 13.5 Å². The van der Waals surface area contributed by atoms with E-state index in [1.54, 1.807) is 30.3 Å². The highest BCUT2D eigenvalue weighted by Gasteiger charge is 2.04. The minimum atomic E-state index is 0.204. The number of aliphatic imine (C=N–C) groups is 1. The number of phenols is 1. The number of benzene rings is 2. The van der Waals surface area contributed by atoms with E-state index >= 15 is 0 Å². The quantitative estimate of drug-likeness (QED) is 0.674. The Morgan fingerprint density at radius 2 is 2.05 bits per heavy atom. The van der Waals surface area contributed by atoms with Crippen molar-refractivity contribution < 1.29 is 14.6 Å². The fraction of sp³-hybridized carbons (Fsp3) is 0.133. The summed E-state index contributed by atoms with van der Waals surface area (Å²) in [5, 5.41) is 9.32. The molecule has 0 heterocycles. The van der Waals surface area contributed by atoms with Crippen LogP contribution >= 0.6 is 0 Å². The van der Waals surface area contributed by atoms with Gasteiger partial charge in [-0.15, -0.1) is 0 Å². The van der Waals surface area contributed by atoms with Crippen molar-refractivity contribution in [2.75, 3.05) is 0 Å². The summed E-state index contributed by atoms with van der Waals surface area (Å²) < 4.78 is 5.66. The minimum absolute atomic E-state index is 0.204. The molecule has 0 fully saturated rings. The molecule has 2 rings (SSSR count). The van der Waals surface area contributed by atoms with Crippen LogP contribution in [0, 0.1) is 6.92 Å².